The smallest absolute Gasteiger partial charge is 0.273 e. The molecule has 0 saturated heterocycles. The van der Waals surface area contributed by atoms with Crippen molar-refractivity contribution in [3.8, 4) is 22.8 Å². The average molecular weight is 454 g/mol. The monoisotopic (exact) mass is 453 g/mol. The van der Waals surface area contributed by atoms with E-state index in [0.29, 0.717) is 40.1 Å². The van der Waals surface area contributed by atoms with Gasteiger partial charge in [0.25, 0.3) is 5.91 Å². The first-order valence-corrected chi connectivity index (χ1v) is 10.0. The Balaban J connectivity index is 1.37. The van der Waals surface area contributed by atoms with Crippen LogP contribution in [0.2, 0.25) is 5.02 Å². The molecule has 32 heavy (non-hydrogen) atoms. The maximum atomic E-state index is 12.5. The first-order chi connectivity index (χ1) is 15.6. The van der Waals surface area contributed by atoms with Gasteiger partial charge in [-0.3, -0.25) is 4.79 Å². The fraction of sp³-hybridized carbons (Fsp3) is 0.182. The van der Waals surface area contributed by atoms with Crippen LogP contribution in [0.15, 0.2) is 59.3 Å². The van der Waals surface area contributed by atoms with Gasteiger partial charge < -0.3 is 19.3 Å². The van der Waals surface area contributed by atoms with E-state index in [9.17, 15) is 4.79 Å². The average Bonchev–Trinajstić information content (AvgIpc) is 3.48. The highest BCUT2D eigenvalue weighted by Gasteiger charge is 2.16. The summed E-state index contributed by atoms with van der Waals surface area (Å²) in [5.74, 6) is 1.20. The second-order valence-electron chi connectivity index (χ2n) is 6.86. The molecule has 1 amide bonds. The Labute approximate surface area is 188 Å². The molecule has 164 valence electrons. The number of amides is 1. The van der Waals surface area contributed by atoms with Crippen molar-refractivity contribution in [2.24, 2.45) is 0 Å². The third kappa shape index (κ3) is 4.89. The fourth-order valence-electron chi connectivity index (χ4n) is 3.04. The van der Waals surface area contributed by atoms with E-state index in [2.05, 4.69) is 20.8 Å². The van der Waals surface area contributed by atoms with Gasteiger partial charge in [-0.1, -0.05) is 34.1 Å². The Kier molecular flexibility index (Phi) is 6.37. The normalized spacial score (nSPS) is 10.7. The molecule has 0 saturated carbocycles. The molecule has 0 bridgehead atoms. The van der Waals surface area contributed by atoms with E-state index in [1.165, 1.54) is 0 Å². The molecule has 0 aliphatic rings. The maximum Gasteiger partial charge on any atom is 0.273 e. The second-order valence-corrected chi connectivity index (χ2v) is 7.30. The van der Waals surface area contributed by atoms with Crippen molar-refractivity contribution in [2.75, 3.05) is 14.2 Å². The lowest BCUT2D eigenvalue weighted by Gasteiger charge is -2.07. The summed E-state index contributed by atoms with van der Waals surface area (Å²) in [5.41, 5.74) is 2.53. The van der Waals surface area contributed by atoms with Crippen molar-refractivity contribution in [3.63, 3.8) is 0 Å². The Bertz CT molecular complexity index is 1220. The number of carbonyl (C=O) groups is 1. The quantitative estimate of drug-likeness (QED) is 0.434. The van der Waals surface area contributed by atoms with Crippen LogP contribution in [0.1, 0.15) is 21.7 Å². The summed E-state index contributed by atoms with van der Waals surface area (Å²) in [6.07, 6.45) is 1.77. The van der Waals surface area contributed by atoms with E-state index in [1.807, 2.05) is 24.3 Å². The van der Waals surface area contributed by atoms with Crippen molar-refractivity contribution >= 4 is 17.5 Å². The molecular weight excluding hydrogens is 434 g/mol. The Morgan fingerprint density at radius 3 is 2.62 bits per heavy atom. The van der Waals surface area contributed by atoms with Crippen LogP contribution in [0.25, 0.3) is 11.3 Å². The molecule has 2 heterocycles. The van der Waals surface area contributed by atoms with Crippen LogP contribution >= 0.6 is 11.6 Å². The van der Waals surface area contributed by atoms with Gasteiger partial charge in [0.05, 0.1) is 33.5 Å². The van der Waals surface area contributed by atoms with E-state index in [1.54, 1.807) is 49.4 Å². The number of ether oxygens (including phenoxy) is 2. The Hall–Kier alpha value is -3.85. The summed E-state index contributed by atoms with van der Waals surface area (Å²) in [6.45, 7) is 0.758. The lowest BCUT2D eigenvalue weighted by atomic mass is 10.1. The van der Waals surface area contributed by atoms with Gasteiger partial charge in [0, 0.05) is 16.7 Å². The predicted octanol–water partition coefficient (Wildman–Crippen LogP) is 3.58. The largest absolute Gasteiger partial charge is 0.493 e. The zero-order valence-corrected chi connectivity index (χ0v) is 18.2. The Morgan fingerprint density at radius 1 is 1.09 bits per heavy atom. The number of methoxy groups -OCH3 is 2. The van der Waals surface area contributed by atoms with Crippen molar-refractivity contribution in [3.05, 3.63) is 76.7 Å². The molecule has 0 unspecified atom stereocenters. The number of nitrogens with zero attached hydrogens (tertiary/aromatic N) is 4. The minimum Gasteiger partial charge on any atom is -0.493 e. The SMILES string of the molecule is COc1ccc(-c2cc(C(=O)NCc3cn(Cc4ccc(Cl)cc4)nn3)no2)cc1OC. The molecule has 0 aliphatic heterocycles. The van der Waals surface area contributed by atoms with Crippen molar-refractivity contribution in [1.82, 2.24) is 25.5 Å². The van der Waals surface area contributed by atoms with Crippen LogP contribution in [0.4, 0.5) is 0 Å². The standard InChI is InChI=1S/C22H20ClN5O4/c1-30-19-8-5-15(9-21(19)31-2)20-10-18(26-32-20)22(29)24-11-17-13-28(27-25-17)12-14-3-6-16(23)7-4-14/h3-10,13H,11-12H2,1-2H3,(H,24,29). The number of carbonyl (C=O) groups excluding carboxylic acids is 1. The maximum absolute atomic E-state index is 12.5. The van der Waals surface area contributed by atoms with Crippen LogP contribution in [-0.4, -0.2) is 40.3 Å². The summed E-state index contributed by atoms with van der Waals surface area (Å²) in [6, 6.07) is 14.4. The number of hydrogen-bond acceptors (Lipinski definition) is 7. The zero-order valence-electron chi connectivity index (χ0n) is 17.4. The first-order valence-electron chi connectivity index (χ1n) is 9.66. The summed E-state index contributed by atoms with van der Waals surface area (Å²) >= 11 is 5.90. The number of hydrogen-bond donors (Lipinski definition) is 1. The molecule has 0 fully saturated rings. The minimum absolute atomic E-state index is 0.156. The van der Waals surface area contributed by atoms with Gasteiger partial charge in [0.2, 0.25) is 0 Å². The highest BCUT2D eigenvalue weighted by atomic mass is 35.5. The summed E-state index contributed by atoms with van der Waals surface area (Å²) in [5, 5.41) is 15.5. The molecule has 9 nitrogen and oxygen atoms in total. The van der Waals surface area contributed by atoms with Crippen LogP contribution in [0, 0.1) is 0 Å². The number of rotatable bonds is 8. The molecule has 2 aromatic carbocycles. The highest BCUT2D eigenvalue weighted by molar-refractivity contribution is 6.30. The lowest BCUT2D eigenvalue weighted by molar-refractivity contribution is 0.0941. The van der Waals surface area contributed by atoms with E-state index in [0.717, 1.165) is 5.56 Å². The molecule has 2 aromatic heterocycles. The minimum atomic E-state index is -0.382. The summed E-state index contributed by atoms with van der Waals surface area (Å²) in [7, 11) is 3.11. The first kappa shape index (κ1) is 21.4. The van der Waals surface area contributed by atoms with E-state index < -0.39 is 0 Å². The molecule has 0 spiro atoms. The Morgan fingerprint density at radius 2 is 1.88 bits per heavy atom. The molecule has 4 rings (SSSR count). The molecule has 0 atom stereocenters. The van der Waals surface area contributed by atoms with E-state index >= 15 is 0 Å². The molecule has 1 N–H and O–H groups in total. The highest BCUT2D eigenvalue weighted by Crippen LogP contribution is 2.32. The fourth-order valence-corrected chi connectivity index (χ4v) is 3.17. The lowest BCUT2D eigenvalue weighted by Crippen LogP contribution is -2.23. The van der Waals surface area contributed by atoms with Crippen LogP contribution < -0.4 is 14.8 Å². The van der Waals surface area contributed by atoms with E-state index in [-0.39, 0.29) is 18.1 Å². The number of aromatic nitrogens is 4. The zero-order chi connectivity index (χ0) is 22.5. The third-order valence-corrected chi connectivity index (χ3v) is 4.94. The molecule has 4 aromatic rings. The molecule has 0 aliphatic carbocycles. The number of halogens is 1. The molecular formula is C22H20ClN5O4. The van der Waals surface area contributed by atoms with Gasteiger partial charge in [-0.25, -0.2) is 4.68 Å². The number of nitrogens with one attached hydrogen (secondary N) is 1. The van der Waals surface area contributed by atoms with Gasteiger partial charge in [0.1, 0.15) is 5.69 Å². The van der Waals surface area contributed by atoms with Crippen molar-refractivity contribution in [2.45, 2.75) is 13.1 Å². The number of benzene rings is 2. The van der Waals surface area contributed by atoms with Gasteiger partial charge in [-0.05, 0) is 35.9 Å². The topological polar surface area (TPSA) is 104 Å². The van der Waals surface area contributed by atoms with Gasteiger partial charge in [0.15, 0.2) is 23.0 Å². The summed E-state index contributed by atoms with van der Waals surface area (Å²) in [4.78, 5) is 12.5. The van der Waals surface area contributed by atoms with Gasteiger partial charge >= 0.3 is 0 Å². The molecule has 0 radical (unpaired) electrons. The third-order valence-electron chi connectivity index (χ3n) is 4.68. The van der Waals surface area contributed by atoms with Crippen LogP contribution in [-0.2, 0) is 13.1 Å². The van der Waals surface area contributed by atoms with Gasteiger partial charge in [-0.2, -0.15) is 0 Å². The van der Waals surface area contributed by atoms with Gasteiger partial charge in [-0.15, -0.1) is 5.10 Å². The second kappa shape index (κ2) is 9.52. The predicted molar refractivity (Wildman–Crippen MR) is 117 cm³/mol. The van der Waals surface area contributed by atoms with E-state index in [4.69, 9.17) is 25.6 Å². The molecule has 10 heteroatoms. The van der Waals surface area contributed by atoms with Crippen molar-refractivity contribution < 1.29 is 18.8 Å². The van der Waals surface area contributed by atoms with Crippen LogP contribution in [0.3, 0.4) is 0 Å². The summed E-state index contributed by atoms with van der Waals surface area (Å²) < 4.78 is 17.5. The van der Waals surface area contributed by atoms with Crippen LogP contribution in [0.5, 0.6) is 11.5 Å². The van der Waals surface area contributed by atoms with Crippen molar-refractivity contribution in [1.29, 1.82) is 0 Å².